The van der Waals surface area contributed by atoms with Gasteiger partial charge < -0.3 is 9.84 Å². The molecule has 3 nitrogen and oxygen atoms in total. The van der Waals surface area contributed by atoms with Crippen LogP contribution in [0, 0.1) is 5.92 Å². The van der Waals surface area contributed by atoms with Gasteiger partial charge in [0.1, 0.15) is 5.75 Å². The molecule has 4 aromatic rings. The highest BCUT2D eigenvalue weighted by Gasteiger charge is 2.36. The lowest BCUT2D eigenvalue weighted by atomic mass is 9.77. The summed E-state index contributed by atoms with van der Waals surface area (Å²) in [5.41, 5.74) is 4.71. The van der Waals surface area contributed by atoms with Gasteiger partial charge in [0.15, 0.2) is 5.78 Å². The molecular weight excluding hydrogens is 488 g/mol. The monoisotopic (exact) mass is 512 g/mol. The van der Waals surface area contributed by atoms with Crippen molar-refractivity contribution >= 4 is 21.7 Å². The highest BCUT2D eigenvalue weighted by molar-refractivity contribution is 9.10. The highest BCUT2D eigenvalue weighted by atomic mass is 79.9. The third kappa shape index (κ3) is 4.70. The van der Waals surface area contributed by atoms with Gasteiger partial charge in [-0.25, -0.2) is 0 Å². The minimum absolute atomic E-state index is 0.0773. The molecule has 4 heteroatoms. The van der Waals surface area contributed by atoms with Gasteiger partial charge in [-0.15, -0.1) is 0 Å². The molecule has 34 heavy (non-hydrogen) atoms. The number of hydrogen-bond donors (Lipinski definition) is 1. The third-order valence-corrected chi connectivity index (χ3v) is 7.10. The molecule has 0 aliphatic carbocycles. The van der Waals surface area contributed by atoms with E-state index in [1.165, 1.54) is 0 Å². The van der Waals surface area contributed by atoms with E-state index in [9.17, 15) is 9.90 Å². The van der Waals surface area contributed by atoms with Crippen molar-refractivity contribution < 1.29 is 14.6 Å². The number of aliphatic hydroxyl groups excluding tert-OH is 1. The quantitative estimate of drug-likeness (QED) is 0.296. The Balaban J connectivity index is 1.40. The maximum absolute atomic E-state index is 13.4. The Kier molecular flexibility index (Phi) is 6.61. The lowest BCUT2D eigenvalue weighted by Gasteiger charge is -2.32. The van der Waals surface area contributed by atoms with Gasteiger partial charge in [-0.05, 0) is 52.9 Å². The second-order valence-corrected chi connectivity index (χ2v) is 9.59. The number of hydrogen-bond acceptors (Lipinski definition) is 3. The van der Waals surface area contributed by atoms with Crippen molar-refractivity contribution in [2.45, 2.75) is 18.4 Å². The van der Waals surface area contributed by atoms with Crippen molar-refractivity contribution in [3.05, 3.63) is 124 Å². The van der Waals surface area contributed by atoms with Crippen molar-refractivity contribution in [1.29, 1.82) is 0 Å². The van der Waals surface area contributed by atoms with Gasteiger partial charge in [-0.1, -0.05) is 94.8 Å². The molecule has 1 N–H and O–H groups in total. The molecule has 0 bridgehead atoms. The van der Waals surface area contributed by atoms with Crippen molar-refractivity contribution in [3.8, 4) is 16.9 Å². The number of benzene rings is 4. The molecule has 0 saturated heterocycles. The molecule has 0 amide bonds. The number of carbonyl (C=O) groups excluding carboxylic acids is 1. The summed E-state index contributed by atoms with van der Waals surface area (Å²) in [5.74, 6) is 0.199. The first kappa shape index (κ1) is 22.6. The number of ketones is 1. The molecule has 0 radical (unpaired) electrons. The van der Waals surface area contributed by atoms with Crippen LogP contribution in [0.5, 0.6) is 5.75 Å². The molecule has 4 aromatic carbocycles. The summed E-state index contributed by atoms with van der Waals surface area (Å²) in [4.78, 5) is 13.4. The van der Waals surface area contributed by atoms with E-state index in [-0.39, 0.29) is 17.6 Å². The molecule has 0 saturated carbocycles. The number of carbonyl (C=O) groups is 1. The fourth-order valence-corrected chi connectivity index (χ4v) is 4.96. The number of Topliss-reactive ketones (excluding diaryl/α,β-unsaturated/α-hetero) is 1. The van der Waals surface area contributed by atoms with Gasteiger partial charge in [0.05, 0.1) is 24.2 Å². The summed E-state index contributed by atoms with van der Waals surface area (Å²) in [5, 5.41) is 11.2. The summed E-state index contributed by atoms with van der Waals surface area (Å²) >= 11 is 3.47. The number of rotatable bonds is 6. The zero-order valence-corrected chi connectivity index (χ0v) is 20.2. The summed E-state index contributed by atoms with van der Waals surface area (Å²) < 4.78 is 7.00. The van der Waals surface area contributed by atoms with Crippen LogP contribution in [0.2, 0.25) is 0 Å². The number of fused-ring (bicyclic) bond motifs is 1. The lowest BCUT2D eigenvalue weighted by molar-refractivity contribution is 0.0744. The Hall–Kier alpha value is -3.21. The van der Waals surface area contributed by atoms with Crippen LogP contribution in [0.4, 0.5) is 0 Å². The van der Waals surface area contributed by atoms with Crippen molar-refractivity contribution in [3.63, 3.8) is 0 Å². The van der Waals surface area contributed by atoms with E-state index in [0.717, 1.165) is 26.7 Å². The van der Waals surface area contributed by atoms with Gasteiger partial charge >= 0.3 is 0 Å². The Labute approximate surface area is 208 Å². The molecular formula is C30H25BrO3. The van der Waals surface area contributed by atoms with Crippen molar-refractivity contribution in [2.24, 2.45) is 5.92 Å². The van der Waals surface area contributed by atoms with E-state index in [1.54, 1.807) is 0 Å². The normalized spacial score (nSPS) is 16.9. The number of aliphatic hydroxyl groups is 1. The topological polar surface area (TPSA) is 46.5 Å². The van der Waals surface area contributed by atoms with Gasteiger partial charge in [-0.3, -0.25) is 4.79 Å². The van der Waals surface area contributed by atoms with Crippen LogP contribution in [0.25, 0.3) is 11.1 Å². The Morgan fingerprint density at radius 2 is 1.41 bits per heavy atom. The molecule has 0 fully saturated rings. The van der Waals surface area contributed by atoms with E-state index in [4.69, 9.17) is 4.74 Å². The van der Waals surface area contributed by atoms with Crippen LogP contribution in [0.15, 0.2) is 108 Å². The lowest BCUT2D eigenvalue weighted by Crippen LogP contribution is -2.33. The van der Waals surface area contributed by atoms with Crippen LogP contribution in [-0.2, 0) is 0 Å². The minimum Gasteiger partial charge on any atom is -0.492 e. The SMILES string of the molecule is O=C1c2ccccc2OCC1C(CC(O)c1ccc(-c2ccc(Br)cc2)cc1)c1ccccc1. The van der Waals surface area contributed by atoms with Crippen LogP contribution in [0.3, 0.4) is 0 Å². The molecule has 1 aliphatic heterocycles. The first-order valence-electron chi connectivity index (χ1n) is 11.4. The number of ether oxygens (including phenoxy) is 1. The molecule has 1 heterocycles. The Morgan fingerprint density at radius 3 is 2.12 bits per heavy atom. The summed E-state index contributed by atoms with van der Waals surface area (Å²) in [7, 11) is 0. The first-order valence-corrected chi connectivity index (χ1v) is 12.2. The maximum atomic E-state index is 13.4. The zero-order chi connectivity index (χ0) is 23.5. The van der Waals surface area contributed by atoms with Gasteiger partial charge in [0.2, 0.25) is 0 Å². The number of halogens is 1. The third-order valence-electron chi connectivity index (χ3n) is 6.57. The predicted molar refractivity (Wildman–Crippen MR) is 138 cm³/mol. The van der Waals surface area contributed by atoms with Crippen LogP contribution < -0.4 is 4.74 Å². The standard InChI is InChI=1S/C30H25BrO3/c31-24-16-14-21(15-17-24)20-10-12-23(13-11-20)28(32)18-26(22-6-2-1-3-7-22)27-19-34-29-9-5-4-8-25(29)30(27)33/h1-17,26-28,32H,18-19H2. The summed E-state index contributed by atoms with van der Waals surface area (Å²) in [6.07, 6.45) is -0.266. The zero-order valence-electron chi connectivity index (χ0n) is 18.6. The minimum atomic E-state index is -0.700. The van der Waals surface area contributed by atoms with Gasteiger partial charge in [0, 0.05) is 10.4 Å². The van der Waals surface area contributed by atoms with Crippen LogP contribution >= 0.6 is 15.9 Å². The molecule has 0 spiro atoms. The smallest absolute Gasteiger partial charge is 0.173 e. The fourth-order valence-electron chi connectivity index (χ4n) is 4.70. The average Bonchev–Trinajstić information content (AvgIpc) is 2.89. The Bertz CT molecular complexity index is 1270. The maximum Gasteiger partial charge on any atom is 0.173 e. The molecule has 170 valence electrons. The van der Waals surface area contributed by atoms with E-state index in [1.807, 2.05) is 91.0 Å². The molecule has 0 aromatic heterocycles. The number of para-hydroxylation sites is 1. The van der Waals surface area contributed by atoms with E-state index in [2.05, 4.69) is 28.1 Å². The highest BCUT2D eigenvalue weighted by Crippen LogP contribution is 2.40. The second-order valence-electron chi connectivity index (χ2n) is 8.68. The van der Waals surface area contributed by atoms with Gasteiger partial charge in [-0.2, -0.15) is 0 Å². The van der Waals surface area contributed by atoms with Crippen LogP contribution in [0.1, 0.15) is 39.9 Å². The molecule has 3 unspecified atom stereocenters. The van der Waals surface area contributed by atoms with E-state index < -0.39 is 6.10 Å². The van der Waals surface area contributed by atoms with Crippen molar-refractivity contribution in [2.75, 3.05) is 6.61 Å². The van der Waals surface area contributed by atoms with E-state index >= 15 is 0 Å². The van der Waals surface area contributed by atoms with Crippen LogP contribution in [-0.4, -0.2) is 17.5 Å². The molecule has 3 atom stereocenters. The summed E-state index contributed by atoms with van der Waals surface area (Å²) in [6.45, 7) is 0.310. The molecule has 5 rings (SSSR count). The fraction of sp³-hybridized carbons (Fsp3) is 0.167. The Morgan fingerprint density at radius 1 is 0.794 bits per heavy atom. The molecule has 1 aliphatic rings. The largest absolute Gasteiger partial charge is 0.492 e. The summed E-state index contributed by atoms with van der Waals surface area (Å²) in [6, 6.07) is 33.5. The first-order chi connectivity index (χ1) is 16.6. The van der Waals surface area contributed by atoms with Gasteiger partial charge in [0.25, 0.3) is 0 Å². The average molecular weight is 513 g/mol. The predicted octanol–water partition coefficient (Wildman–Crippen LogP) is 7.21. The van der Waals surface area contributed by atoms with Crippen molar-refractivity contribution in [1.82, 2.24) is 0 Å². The van der Waals surface area contributed by atoms with E-state index in [0.29, 0.717) is 24.3 Å². The second kappa shape index (κ2) is 9.96.